The molecule has 7 nitrogen and oxygen atoms in total. The molecule has 0 unspecified atom stereocenters. The molecule has 0 radical (unpaired) electrons. The van der Waals surface area contributed by atoms with Crippen LogP contribution in [-0.4, -0.2) is 39.7 Å². The van der Waals surface area contributed by atoms with Crippen molar-refractivity contribution in [1.82, 2.24) is 20.5 Å². The van der Waals surface area contributed by atoms with E-state index in [0.29, 0.717) is 25.1 Å². The Kier molecular flexibility index (Phi) is 4.11. The summed E-state index contributed by atoms with van der Waals surface area (Å²) in [6.07, 6.45) is 0.682. The molecule has 1 aliphatic heterocycles. The molecule has 0 fully saturated rings. The molecule has 7 heteroatoms. The van der Waals surface area contributed by atoms with Crippen molar-refractivity contribution in [2.75, 3.05) is 7.05 Å². The van der Waals surface area contributed by atoms with Gasteiger partial charge in [0.25, 0.3) is 5.91 Å². The van der Waals surface area contributed by atoms with Crippen LogP contribution in [0.2, 0.25) is 0 Å². The lowest BCUT2D eigenvalue weighted by Crippen LogP contribution is -2.37. The summed E-state index contributed by atoms with van der Waals surface area (Å²) < 4.78 is 0. The third-order valence-electron chi connectivity index (χ3n) is 3.30. The van der Waals surface area contributed by atoms with Gasteiger partial charge in [-0.2, -0.15) is 10.2 Å². The molecule has 2 amide bonds. The van der Waals surface area contributed by atoms with E-state index in [2.05, 4.69) is 41.5 Å². The summed E-state index contributed by atoms with van der Waals surface area (Å²) in [6.45, 7) is 6.68. The van der Waals surface area contributed by atoms with Gasteiger partial charge in [0.05, 0.1) is 17.9 Å². The van der Waals surface area contributed by atoms with Gasteiger partial charge in [-0.15, -0.1) is 0 Å². The second-order valence-electron chi connectivity index (χ2n) is 6.28. The first-order valence-electron chi connectivity index (χ1n) is 6.93. The van der Waals surface area contributed by atoms with Gasteiger partial charge in [0.1, 0.15) is 5.71 Å². The van der Waals surface area contributed by atoms with Gasteiger partial charge in [-0.1, -0.05) is 20.8 Å². The molecule has 0 saturated carbocycles. The van der Waals surface area contributed by atoms with Gasteiger partial charge in [-0.3, -0.25) is 14.7 Å². The van der Waals surface area contributed by atoms with Gasteiger partial charge in [0.15, 0.2) is 0 Å². The quantitative estimate of drug-likeness (QED) is 0.868. The lowest BCUT2D eigenvalue weighted by atomic mass is 9.92. The van der Waals surface area contributed by atoms with Gasteiger partial charge in [-0.05, 0) is 6.07 Å². The van der Waals surface area contributed by atoms with E-state index >= 15 is 0 Å². The van der Waals surface area contributed by atoms with Crippen LogP contribution in [0, 0.1) is 0 Å². The Morgan fingerprint density at radius 3 is 2.62 bits per heavy atom. The number of hydrogen-bond donors (Lipinski definition) is 2. The largest absolute Gasteiger partial charge is 0.335 e. The summed E-state index contributed by atoms with van der Waals surface area (Å²) in [7, 11) is 1.71. The molecule has 0 aromatic carbocycles. The van der Waals surface area contributed by atoms with E-state index in [1.165, 1.54) is 0 Å². The Labute approximate surface area is 123 Å². The molecule has 21 heavy (non-hydrogen) atoms. The number of hydrogen-bond acceptors (Lipinski definition) is 4. The highest BCUT2D eigenvalue weighted by Gasteiger charge is 2.23. The first-order valence-corrected chi connectivity index (χ1v) is 6.93. The van der Waals surface area contributed by atoms with E-state index < -0.39 is 0 Å². The average Bonchev–Trinajstić information content (AvgIpc) is 2.87. The first kappa shape index (κ1) is 15.2. The molecule has 0 aliphatic carbocycles. The Morgan fingerprint density at radius 1 is 1.38 bits per heavy atom. The number of nitrogens with one attached hydrogen (secondary N) is 2. The number of amides is 2. The minimum Gasteiger partial charge on any atom is -0.335 e. The van der Waals surface area contributed by atoms with Gasteiger partial charge >= 0.3 is 0 Å². The van der Waals surface area contributed by atoms with E-state index in [4.69, 9.17) is 0 Å². The zero-order valence-corrected chi connectivity index (χ0v) is 12.9. The van der Waals surface area contributed by atoms with Gasteiger partial charge < -0.3 is 4.90 Å². The van der Waals surface area contributed by atoms with Crippen molar-refractivity contribution in [2.45, 2.75) is 45.6 Å². The van der Waals surface area contributed by atoms with Crippen molar-refractivity contribution < 1.29 is 9.59 Å². The van der Waals surface area contributed by atoms with Crippen LogP contribution in [0.15, 0.2) is 11.2 Å². The zero-order valence-electron chi connectivity index (χ0n) is 12.9. The van der Waals surface area contributed by atoms with Crippen LogP contribution in [0.25, 0.3) is 0 Å². The number of carbonyl (C=O) groups is 2. The molecule has 2 rings (SSSR count). The summed E-state index contributed by atoms with van der Waals surface area (Å²) >= 11 is 0. The van der Waals surface area contributed by atoms with Crippen molar-refractivity contribution >= 4 is 17.5 Å². The van der Waals surface area contributed by atoms with Crippen molar-refractivity contribution in [2.24, 2.45) is 5.10 Å². The molecule has 1 aliphatic rings. The molecule has 0 bridgehead atoms. The highest BCUT2D eigenvalue weighted by atomic mass is 16.2. The monoisotopic (exact) mass is 291 g/mol. The predicted octanol–water partition coefficient (Wildman–Crippen LogP) is 0.932. The number of hydrazone groups is 1. The number of H-pyrrole nitrogens is 1. The van der Waals surface area contributed by atoms with Crippen molar-refractivity contribution in [1.29, 1.82) is 0 Å². The highest BCUT2D eigenvalue weighted by molar-refractivity contribution is 6.39. The topological polar surface area (TPSA) is 90.4 Å². The molecule has 0 spiro atoms. The van der Waals surface area contributed by atoms with Crippen LogP contribution in [0.1, 0.15) is 45.0 Å². The third-order valence-corrected chi connectivity index (χ3v) is 3.30. The molecule has 2 N–H and O–H groups in total. The molecule has 0 saturated heterocycles. The van der Waals surface area contributed by atoms with Crippen LogP contribution in [0.4, 0.5) is 0 Å². The number of aromatic nitrogens is 2. The van der Waals surface area contributed by atoms with Crippen LogP contribution in [0.5, 0.6) is 0 Å². The van der Waals surface area contributed by atoms with Crippen molar-refractivity contribution in [3.63, 3.8) is 0 Å². The third kappa shape index (κ3) is 3.68. The minimum absolute atomic E-state index is 0.0327. The summed E-state index contributed by atoms with van der Waals surface area (Å²) in [5.41, 5.74) is 4.52. The fourth-order valence-electron chi connectivity index (χ4n) is 2.00. The van der Waals surface area contributed by atoms with Crippen LogP contribution in [-0.2, 0) is 21.5 Å². The second kappa shape index (κ2) is 5.67. The minimum atomic E-state index is -0.179. The maximum absolute atomic E-state index is 12.2. The molecule has 0 atom stereocenters. The van der Waals surface area contributed by atoms with E-state index in [1.807, 2.05) is 6.07 Å². The highest BCUT2D eigenvalue weighted by Crippen LogP contribution is 2.20. The molecule has 114 valence electrons. The van der Waals surface area contributed by atoms with E-state index in [-0.39, 0.29) is 17.2 Å². The lowest BCUT2D eigenvalue weighted by molar-refractivity contribution is -0.124. The predicted molar refractivity (Wildman–Crippen MR) is 78.6 cm³/mol. The van der Waals surface area contributed by atoms with E-state index in [0.717, 1.165) is 11.4 Å². The van der Waals surface area contributed by atoms with Crippen LogP contribution < -0.4 is 5.43 Å². The van der Waals surface area contributed by atoms with Crippen LogP contribution >= 0.6 is 0 Å². The number of nitrogens with zero attached hydrogens (tertiary/aromatic N) is 3. The van der Waals surface area contributed by atoms with Crippen molar-refractivity contribution in [3.8, 4) is 0 Å². The molecular weight excluding hydrogens is 270 g/mol. The number of carbonyl (C=O) groups excluding carboxylic acids is 2. The van der Waals surface area contributed by atoms with Crippen molar-refractivity contribution in [3.05, 3.63) is 17.5 Å². The molecule has 1 aromatic rings. The standard InChI is InChI=1S/C14H21N5O2/c1-14(2,3)11-7-9(15-17-11)8-19(4)13(21)10-5-6-12(20)18-16-10/h7H,5-6,8H2,1-4H3,(H,15,17)(H,18,20). The van der Waals surface area contributed by atoms with Gasteiger partial charge in [0.2, 0.25) is 5.91 Å². The Morgan fingerprint density at radius 2 is 2.10 bits per heavy atom. The molecule has 2 heterocycles. The fraction of sp³-hybridized carbons (Fsp3) is 0.571. The first-order chi connectivity index (χ1) is 9.77. The van der Waals surface area contributed by atoms with E-state index in [1.54, 1.807) is 11.9 Å². The second-order valence-corrected chi connectivity index (χ2v) is 6.28. The van der Waals surface area contributed by atoms with Crippen LogP contribution in [0.3, 0.4) is 0 Å². The maximum atomic E-state index is 12.2. The molecular formula is C14H21N5O2. The summed E-state index contributed by atoms with van der Waals surface area (Å²) in [5.74, 6) is -0.334. The Bertz CT molecular complexity index is 582. The van der Waals surface area contributed by atoms with E-state index in [9.17, 15) is 9.59 Å². The van der Waals surface area contributed by atoms with Gasteiger partial charge in [0, 0.05) is 25.3 Å². The maximum Gasteiger partial charge on any atom is 0.270 e. The lowest BCUT2D eigenvalue weighted by Gasteiger charge is -2.19. The summed E-state index contributed by atoms with van der Waals surface area (Å²) in [5, 5.41) is 11.0. The molecule has 1 aromatic heterocycles. The Balaban J connectivity index is 2.01. The number of rotatable bonds is 3. The normalized spacial score (nSPS) is 15.4. The smallest absolute Gasteiger partial charge is 0.270 e. The summed E-state index contributed by atoms with van der Waals surface area (Å²) in [6, 6.07) is 1.97. The summed E-state index contributed by atoms with van der Waals surface area (Å²) in [4.78, 5) is 24.8. The SMILES string of the molecule is CN(Cc1cc(C(C)(C)C)n[nH]1)C(=O)C1=NNC(=O)CC1. The zero-order chi connectivity index (χ0) is 15.6. The number of aromatic amines is 1. The fourth-order valence-corrected chi connectivity index (χ4v) is 2.00. The average molecular weight is 291 g/mol. The van der Waals surface area contributed by atoms with Gasteiger partial charge in [-0.25, -0.2) is 5.43 Å². The Hall–Kier alpha value is -2.18.